The lowest BCUT2D eigenvalue weighted by atomic mass is 9.98. The Hall–Kier alpha value is -2.56. The molecule has 0 unspecified atom stereocenters. The Kier molecular flexibility index (Phi) is 5.25. The largest absolute Gasteiger partial charge is 0.497 e. The number of nitrogens with zero attached hydrogens (tertiary/aromatic N) is 2. The second kappa shape index (κ2) is 7.82. The molecule has 142 valence electrons. The normalized spacial score (nSPS) is 16.2. The van der Waals surface area contributed by atoms with Crippen molar-refractivity contribution in [2.75, 3.05) is 12.1 Å². The van der Waals surface area contributed by atoms with Gasteiger partial charge in [-0.05, 0) is 65.7 Å². The summed E-state index contributed by atoms with van der Waals surface area (Å²) in [6.45, 7) is 0. The van der Waals surface area contributed by atoms with Gasteiger partial charge in [0.05, 0.1) is 34.6 Å². The highest BCUT2D eigenvalue weighted by Crippen LogP contribution is 2.38. The maximum absolute atomic E-state index is 13.4. The maximum Gasteiger partial charge on any atom is 0.123 e. The van der Waals surface area contributed by atoms with Crippen LogP contribution in [0.2, 0.25) is 10.0 Å². The summed E-state index contributed by atoms with van der Waals surface area (Å²) >= 11 is 12.3. The van der Waals surface area contributed by atoms with Crippen molar-refractivity contribution in [3.05, 3.63) is 93.7 Å². The first kappa shape index (κ1) is 18.8. The predicted molar refractivity (Wildman–Crippen MR) is 112 cm³/mol. The van der Waals surface area contributed by atoms with E-state index in [-0.39, 0.29) is 11.9 Å². The molecule has 0 bridgehead atoms. The van der Waals surface area contributed by atoms with Gasteiger partial charge in [0.2, 0.25) is 0 Å². The monoisotopic (exact) mass is 414 g/mol. The summed E-state index contributed by atoms with van der Waals surface area (Å²) < 4.78 is 18.7. The van der Waals surface area contributed by atoms with Crippen molar-refractivity contribution in [3.8, 4) is 5.75 Å². The summed E-state index contributed by atoms with van der Waals surface area (Å²) in [5.74, 6) is 0.526. The van der Waals surface area contributed by atoms with Gasteiger partial charge in [0.1, 0.15) is 11.6 Å². The molecule has 3 aromatic rings. The van der Waals surface area contributed by atoms with Crippen molar-refractivity contribution in [3.63, 3.8) is 0 Å². The first-order valence-electron chi connectivity index (χ1n) is 8.77. The van der Waals surface area contributed by atoms with Gasteiger partial charge in [-0.15, -0.1) is 0 Å². The van der Waals surface area contributed by atoms with Gasteiger partial charge in [-0.2, -0.15) is 5.10 Å². The van der Waals surface area contributed by atoms with Crippen LogP contribution in [0.1, 0.15) is 23.6 Å². The lowest BCUT2D eigenvalue weighted by Crippen LogP contribution is -2.18. The average molecular weight is 415 g/mol. The molecular weight excluding hydrogens is 398 g/mol. The van der Waals surface area contributed by atoms with E-state index >= 15 is 0 Å². The van der Waals surface area contributed by atoms with Crippen LogP contribution in [0.5, 0.6) is 5.75 Å². The summed E-state index contributed by atoms with van der Waals surface area (Å²) in [5, 5.41) is 7.71. The molecule has 0 amide bonds. The smallest absolute Gasteiger partial charge is 0.123 e. The molecule has 3 aromatic carbocycles. The van der Waals surface area contributed by atoms with Crippen LogP contribution in [0, 0.1) is 5.82 Å². The zero-order chi connectivity index (χ0) is 19.7. The van der Waals surface area contributed by atoms with Gasteiger partial charge in [0.15, 0.2) is 0 Å². The quantitative estimate of drug-likeness (QED) is 0.486. The molecule has 0 N–H and O–H groups in total. The molecule has 3 nitrogen and oxygen atoms in total. The summed E-state index contributed by atoms with van der Waals surface area (Å²) in [5.41, 5.74) is 3.74. The highest BCUT2D eigenvalue weighted by atomic mass is 35.5. The molecule has 1 aliphatic heterocycles. The summed E-state index contributed by atoms with van der Waals surface area (Å²) in [7, 11) is 1.64. The molecule has 0 radical (unpaired) electrons. The van der Waals surface area contributed by atoms with Crippen LogP contribution in [0.4, 0.5) is 10.1 Å². The Balaban J connectivity index is 1.74. The van der Waals surface area contributed by atoms with E-state index in [1.807, 2.05) is 35.3 Å². The van der Waals surface area contributed by atoms with Crippen LogP contribution in [0.15, 0.2) is 71.8 Å². The number of halogens is 3. The van der Waals surface area contributed by atoms with Gasteiger partial charge in [0, 0.05) is 6.42 Å². The minimum atomic E-state index is -0.265. The molecule has 0 spiro atoms. The first-order chi connectivity index (χ1) is 13.5. The Morgan fingerprint density at radius 2 is 1.68 bits per heavy atom. The zero-order valence-electron chi connectivity index (χ0n) is 15.1. The molecule has 28 heavy (non-hydrogen) atoms. The minimum Gasteiger partial charge on any atom is -0.497 e. The molecule has 6 heteroatoms. The average Bonchev–Trinajstić information content (AvgIpc) is 3.16. The van der Waals surface area contributed by atoms with Gasteiger partial charge in [-0.25, -0.2) is 4.39 Å². The van der Waals surface area contributed by atoms with E-state index in [1.54, 1.807) is 31.4 Å². The number of benzene rings is 3. The maximum atomic E-state index is 13.4. The van der Waals surface area contributed by atoms with Crippen LogP contribution >= 0.6 is 23.2 Å². The van der Waals surface area contributed by atoms with Gasteiger partial charge < -0.3 is 4.74 Å². The highest BCUT2D eigenvalue weighted by Gasteiger charge is 2.30. The van der Waals surface area contributed by atoms with E-state index in [1.165, 1.54) is 12.1 Å². The summed E-state index contributed by atoms with van der Waals surface area (Å²) in [4.78, 5) is 0. The fraction of sp³-hybridized carbons (Fsp3) is 0.136. The van der Waals surface area contributed by atoms with Crippen LogP contribution in [0.25, 0.3) is 0 Å². The van der Waals surface area contributed by atoms with Crippen LogP contribution in [0.3, 0.4) is 0 Å². The molecule has 4 rings (SSSR count). The SMILES string of the molecule is COc1ccc(C2=NN(c3ccc(Cl)c(Cl)c3)[C@H](c3ccc(F)cc3)C2)cc1. The van der Waals surface area contributed by atoms with Crippen molar-refractivity contribution in [2.24, 2.45) is 5.10 Å². The van der Waals surface area contributed by atoms with Gasteiger partial charge in [-0.3, -0.25) is 5.01 Å². The highest BCUT2D eigenvalue weighted by molar-refractivity contribution is 6.42. The lowest BCUT2D eigenvalue weighted by Gasteiger charge is -2.24. The fourth-order valence-electron chi connectivity index (χ4n) is 3.28. The van der Waals surface area contributed by atoms with E-state index in [9.17, 15) is 4.39 Å². The standard InChI is InChI=1S/C22H17Cl2FN2O/c1-28-18-9-4-14(5-10-18)21-13-22(15-2-6-16(25)7-3-15)27(26-21)17-8-11-19(23)20(24)12-17/h2-12,22H,13H2,1H3/t22-/m0/s1. The van der Waals surface area contributed by atoms with Gasteiger partial charge in [0.25, 0.3) is 0 Å². The number of hydrogen-bond acceptors (Lipinski definition) is 3. The molecule has 0 aromatic heterocycles. The molecule has 0 saturated heterocycles. The fourth-order valence-corrected chi connectivity index (χ4v) is 3.57. The number of methoxy groups -OCH3 is 1. The Labute approximate surface area is 173 Å². The van der Waals surface area contributed by atoms with Crippen molar-refractivity contribution >= 4 is 34.6 Å². The zero-order valence-corrected chi connectivity index (χ0v) is 16.6. The van der Waals surface area contributed by atoms with Crippen molar-refractivity contribution in [2.45, 2.75) is 12.5 Å². The van der Waals surface area contributed by atoms with Gasteiger partial charge >= 0.3 is 0 Å². The van der Waals surface area contributed by atoms with Gasteiger partial charge in [-0.1, -0.05) is 35.3 Å². The molecule has 1 aliphatic rings. The summed E-state index contributed by atoms with van der Waals surface area (Å²) in [6, 6.07) is 19.6. The van der Waals surface area contributed by atoms with Crippen molar-refractivity contribution < 1.29 is 9.13 Å². The number of ether oxygens (including phenoxy) is 1. The first-order valence-corrected chi connectivity index (χ1v) is 9.52. The minimum absolute atomic E-state index is 0.0741. The molecular formula is C22H17Cl2FN2O. The van der Waals surface area contributed by atoms with Crippen molar-refractivity contribution in [1.82, 2.24) is 0 Å². The summed E-state index contributed by atoms with van der Waals surface area (Å²) in [6.07, 6.45) is 0.679. The van der Waals surface area contributed by atoms with E-state index in [0.29, 0.717) is 16.5 Å². The topological polar surface area (TPSA) is 24.8 Å². The third-order valence-electron chi connectivity index (χ3n) is 4.76. The van der Waals surface area contributed by atoms with Crippen molar-refractivity contribution in [1.29, 1.82) is 0 Å². The van der Waals surface area contributed by atoms with Crippen LogP contribution in [-0.2, 0) is 0 Å². The molecule has 1 atom stereocenters. The Bertz CT molecular complexity index is 1020. The lowest BCUT2D eigenvalue weighted by molar-refractivity contribution is 0.415. The predicted octanol–water partition coefficient (Wildman–Crippen LogP) is 6.50. The van der Waals surface area contributed by atoms with E-state index in [0.717, 1.165) is 28.3 Å². The van der Waals surface area contributed by atoms with E-state index in [2.05, 4.69) is 0 Å². The number of hydrazone groups is 1. The number of hydrogen-bond donors (Lipinski definition) is 0. The number of rotatable bonds is 4. The Morgan fingerprint density at radius 3 is 2.32 bits per heavy atom. The molecule has 0 aliphatic carbocycles. The molecule has 0 fully saturated rings. The molecule has 0 saturated carbocycles. The second-order valence-electron chi connectivity index (χ2n) is 6.49. The van der Waals surface area contributed by atoms with E-state index in [4.69, 9.17) is 33.0 Å². The second-order valence-corrected chi connectivity index (χ2v) is 7.30. The van der Waals surface area contributed by atoms with Crippen LogP contribution in [-0.4, -0.2) is 12.8 Å². The van der Waals surface area contributed by atoms with E-state index < -0.39 is 0 Å². The third kappa shape index (κ3) is 3.71. The third-order valence-corrected chi connectivity index (χ3v) is 5.50. The van der Waals surface area contributed by atoms with Crippen LogP contribution < -0.4 is 9.75 Å². The Morgan fingerprint density at radius 1 is 0.964 bits per heavy atom. The number of anilines is 1. The molecule has 1 heterocycles.